The first kappa shape index (κ1) is 20.6. The van der Waals surface area contributed by atoms with Gasteiger partial charge in [0.1, 0.15) is 11.5 Å². The lowest BCUT2D eigenvalue weighted by atomic mass is 9.81. The van der Waals surface area contributed by atoms with Crippen molar-refractivity contribution >= 4 is 17.3 Å². The molecule has 0 unspecified atom stereocenters. The van der Waals surface area contributed by atoms with Gasteiger partial charge in [-0.3, -0.25) is 9.59 Å². The molecule has 0 atom stereocenters. The van der Waals surface area contributed by atoms with Gasteiger partial charge in [0.25, 0.3) is 0 Å². The molecule has 6 heteroatoms. The predicted octanol–water partition coefficient (Wildman–Crippen LogP) is 4.80. The first-order chi connectivity index (χ1) is 14.0. The van der Waals surface area contributed by atoms with Crippen LogP contribution in [0.2, 0.25) is 0 Å². The van der Waals surface area contributed by atoms with E-state index in [1.165, 1.54) is 24.6 Å². The van der Waals surface area contributed by atoms with Gasteiger partial charge in [-0.2, -0.15) is 0 Å². The quantitative estimate of drug-likeness (QED) is 0.167. The number of nitrogens with zero attached hydrogens (tertiary/aromatic N) is 1. The summed E-state index contributed by atoms with van der Waals surface area (Å²) < 4.78 is 0. The van der Waals surface area contributed by atoms with Crippen molar-refractivity contribution in [1.29, 1.82) is 0 Å². The summed E-state index contributed by atoms with van der Waals surface area (Å²) in [6.45, 7) is 2.15. The van der Waals surface area contributed by atoms with Crippen LogP contribution < -0.4 is 0 Å². The molecule has 2 aromatic carbocycles. The molecule has 0 saturated carbocycles. The number of phenols is 2. The molecule has 0 radical (unpaired) electrons. The van der Waals surface area contributed by atoms with E-state index in [-0.39, 0.29) is 33.5 Å². The molecule has 0 bridgehead atoms. The molecule has 0 aliphatic heterocycles. The number of phenolic OH excluding ortho intramolecular Hbond substituents is 2. The first-order valence-electron chi connectivity index (χ1n) is 9.99. The van der Waals surface area contributed by atoms with Gasteiger partial charge in [0.15, 0.2) is 11.6 Å². The molecule has 0 spiro atoms. The normalized spacial score (nSPS) is 13.3. The van der Waals surface area contributed by atoms with Gasteiger partial charge < -0.3 is 15.4 Å². The van der Waals surface area contributed by atoms with Crippen molar-refractivity contribution in [3.8, 4) is 11.5 Å². The van der Waals surface area contributed by atoms with Crippen molar-refractivity contribution in [2.24, 2.45) is 5.16 Å². The van der Waals surface area contributed by atoms with Crippen molar-refractivity contribution in [2.75, 3.05) is 0 Å². The van der Waals surface area contributed by atoms with Crippen LogP contribution in [-0.2, 0) is 0 Å². The fourth-order valence-corrected chi connectivity index (χ4v) is 3.79. The van der Waals surface area contributed by atoms with E-state index in [1.807, 2.05) is 0 Å². The third kappa shape index (κ3) is 3.88. The van der Waals surface area contributed by atoms with Crippen molar-refractivity contribution in [1.82, 2.24) is 0 Å². The van der Waals surface area contributed by atoms with Crippen LogP contribution in [0.3, 0.4) is 0 Å². The molecular formula is C23H25NO5. The smallest absolute Gasteiger partial charge is 0.198 e. The topological polar surface area (TPSA) is 107 Å². The number of carbonyl (C=O) groups excluding carboxylic acids is 2. The van der Waals surface area contributed by atoms with Crippen LogP contribution in [0.25, 0.3) is 0 Å². The van der Waals surface area contributed by atoms with Crippen molar-refractivity contribution in [3.63, 3.8) is 0 Å². The van der Waals surface area contributed by atoms with E-state index in [9.17, 15) is 25.0 Å². The zero-order valence-electron chi connectivity index (χ0n) is 16.4. The summed E-state index contributed by atoms with van der Waals surface area (Å²) >= 11 is 0. The number of aromatic hydroxyl groups is 2. The Morgan fingerprint density at radius 3 is 2.10 bits per heavy atom. The van der Waals surface area contributed by atoms with Gasteiger partial charge in [0.2, 0.25) is 0 Å². The van der Waals surface area contributed by atoms with E-state index in [0.717, 1.165) is 32.1 Å². The van der Waals surface area contributed by atoms with Crippen LogP contribution in [0.5, 0.6) is 11.5 Å². The average molecular weight is 395 g/mol. The first-order valence-corrected chi connectivity index (χ1v) is 9.99. The predicted molar refractivity (Wildman–Crippen MR) is 109 cm³/mol. The Balaban J connectivity index is 1.92. The van der Waals surface area contributed by atoms with Gasteiger partial charge in [-0.25, -0.2) is 0 Å². The molecule has 3 N–H and O–H groups in total. The monoisotopic (exact) mass is 395 g/mol. The Kier molecular flexibility index (Phi) is 6.32. The van der Waals surface area contributed by atoms with Gasteiger partial charge in [-0.05, 0) is 18.9 Å². The number of unbranched alkanes of at least 4 members (excludes halogenated alkanes) is 5. The van der Waals surface area contributed by atoms with Gasteiger partial charge in [0, 0.05) is 16.7 Å². The standard InChI is InChI=1S/C23H25NO5/c1-2-3-4-5-6-7-12-17(24-29)16-13-18(25)19-20(23(16)28)22(27)15-11-9-8-10-14(15)21(19)26/h8-11,13,25,28-29H,2-7,12H2,1H3/b24-17-. The number of hydrogen-bond donors (Lipinski definition) is 3. The van der Waals surface area contributed by atoms with Crippen molar-refractivity contribution in [2.45, 2.75) is 51.9 Å². The van der Waals surface area contributed by atoms with Crippen LogP contribution in [0.4, 0.5) is 0 Å². The lowest BCUT2D eigenvalue weighted by Gasteiger charge is -2.21. The van der Waals surface area contributed by atoms with Crippen LogP contribution in [0.15, 0.2) is 35.5 Å². The fourth-order valence-electron chi connectivity index (χ4n) is 3.79. The number of fused-ring (bicyclic) bond motifs is 2. The molecule has 29 heavy (non-hydrogen) atoms. The second-order valence-electron chi connectivity index (χ2n) is 7.31. The van der Waals surface area contributed by atoms with Crippen molar-refractivity contribution < 1.29 is 25.0 Å². The number of hydrogen-bond acceptors (Lipinski definition) is 6. The zero-order chi connectivity index (χ0) is 21.0. The van der Waals surface area contributed by atoms with Crippen LogP contribution in [-0.4, -0.2) is 32.7 Å². The van der Waals surface area contributed by atoms with E-state index in [1.54, 1.807) is 12.1 Å². The molecular weight excluding hydrogens is 370 g/mol. The number of ketones is 2. The molecule has 0 amide bonds. The van der Waals surface area contributed by atoms with Gasteiger partial charge >= 0.3 is 0 Å². The maximum Gasteiger partial charge on any atom is 0.198 e. The van der Waals surface area contributed by atoms with Gasteiger partial charge in [0.05, 0.1) is 16.8 Å². The molecule has 1 aliphatic carbocycles. The minimum Gasteiger partial charge on any atom is -0.507 e. The average Bonchev–Trinajstić information content (AvgIpc) is 2.73. The number of rotatable bonds is 8. The Morgan fingerprint density at radius 1 is 0.897 bits per heavy atom. The summed E-state index contributed by atoms with van der Waals surface area (Å²) in [4.78, 5) is 25.7. The molecule has 1 aliphatic rings. The van der Waals surface area contributed by atoms with Crippen LogP contribution in [0.1, 0.15) is 89.3 Å². The third-order valence-electron chi connectivity index (χ3n) is 5.35. The van der Waals surface area contributed by atoms with Crippen LogP contribution in [0, 0.1) is 0 Å². The third-order valence-corrected chi connectivity index (χ3v) is 5.35. The molecule has 0 saturated heterocycles. The van der Waals surface area contributed by atoms with Gasteiger partial charge in [-0.15, -0.1) is 0 Å². The molecule has 152 valence electrons. The summed E-state index contributed by atoms with van der Waals surface area (Å²) in [5, 5.41) is 34.0. The van der Waals surface area contributed by atoms with Crippen LogP contribution >= 0.6 is 0 Å². The minimum atomic E-state index is -0.540. The van der Waals surface area contributed by atoms with E-state index in [2.05, 4.69) is 12.1 Å². The Morgan fingerprint density at radius 2 is 1.48 bits per heavy atom. The van der Waals surface area contributed by atoms with E-state index in [0.29, 0.717) is 6.42 Å². The molecule has 3 rings (SSSR count). The number of carbonyl (C=O) groups is 2. The Hall–Kier alpha value is -3.15. The number of benzene rings is 2. The van der Waals surface area contributed by atoms with E-state index in [4.69, 9.17) is 0 Å². The SMILES string of the molecule is CCCCCCCC/C(=N/O)c1cc(O)c2c(c1O)C(=O)c1ccccc1C2=O. The fraction of sp³-hybridized carbons (Fsp3) is 0.348. The summed E-state index contributed by atoms with van der Waals surface area (Å²) in [6.07, 6.45) is 6.62. The zero-order valence-corrected chi connectivity index (χ0v) is 16.4. The van der Waals surface area contributed by atoms with E-state index < -0.39 is 23.1 Å². The molecule has 0 heterocycles. The second-order valence-corrected chi connectivity index (χ2v) is 7.31. The summed E-state index contributed by atoms with van der Waals surface area (Å²) in [6, 6.07) is 7.49. The maximum absolute atomic E-state index is 12.9. The largest absolute Gasteiger partial charge is 0.507 e. The van der Waals surface area contributed by atoms with Gasteiger partial charge in [-0.1, -0.05) is 68.4 Å². The number of oxime groups is 1. The molecule has 2 aromatic rings. The highest BCUT2D eigenvalue weighted by molar-refractivity contribution is 6.31. The minimum absolute atomic E-state index is 0.0674. The maximum atomic E-state index is 12.9. The summed E-state index contributed by atoms with van der Waals surface area (Å²) in [5.74, 6) is -1.91. The second kappa shape index (κ2) is 8.90. The van der Waals surface area contributed by atoms with Crippen molar-refractivity contribution in [3.05, 3.63) is 58.1 Å². The highest BCUT2D eigenvalue weighted by atomic mass is 16.4. The van der Waals surface area contributed by atoms with E-state index >= 15 is 0 Å². The summed E-state index contributed by atoms with van der Waals surface area (Å²) in [5.41, 5.74) is 0.151. The summed E-state index contributed by atoms with van der Waals surface area (Å²) in [7, 11) is 0. The molecule has 6 nitrogen and oxygen atoms in total. The Bertz CT molecular complexity index is 977. The lowest BCUT2D eigenvalue weighted by Crippen LogP contribution is -2.22. The highest BCUT2D eigenvalue weighted by Crippen LogP contribution is 2.40. The lowest BCUT2D eigenvalue weighted by molar-refractivity contribution is 0.0974. The molecule has 0 fully saturated rings. The molecule has 0 aromatic heterocycles. The Labute approximate surface area is 169 Å². The highest BCUT2D eigenvalue weighted by Gasteiger charge is 2.36.